The molecule has 112 valence electrons. The smallest absolute Gasteiger partial charge is 0.269 e. The number of carbonyl (C=O) groups is 1. The highest BCUT2D eigenvalue weighted by molar-refractivity contribution is 5.79. The molecule has 2 bridgehead atoms. The zero-order valence-corrected chi connectivity index (χ0v) is 11.7. The van der Waals surface area contributed by atoms with Gasteiger partial charge >= 0.3 is 0 Å². The molecule has 2 unspecified atom stereocenters. The van der Waals surface area contributed by atoms with E-state index in [1.165, 1.54) is 25.0 Å². The second-order valence-corrected chi connectivity index (χ2v) is 5.97. The van der Waals surface area contributed by atoms with Crippen molar-refractivity contribution in [2.75, 3.05) is 0 Å². The normalized spacial score (nSPS) is 27.3. The van der Waals surface area contributed by atoms with E-state index in [1.807, 2.05) is 0 Å². The molecule has 1 amide bonds. The molecule has 0 radical (unpaired) electrons. The van der Waals surface area contributed by atoms with Gasteiger partial charge in [0.25, 0.3) is 5.69 Å². The van der Waals surface area contributed by atoms with Gasteiger partial charge in [0, 0.05) is 30.3 Å². The van der Waals surface area contributed by atoms with Crippen molar-refractivity contribution in [1.82, 2.24) is 10.6 Å². The van der Waals surface area contributed by atoms with Crippen LogP contribution >= 0.6 is 0 Å². The summed E-state index contributed by atoms with van der Waals surface area (Å²) in [4.78, 5) is 22.2. The summed E-state index contributed by atoms with van der Waals surface area (Å²) < 4.78 is 0. The maximum Gasteiger partial charge on any atom is 0.269 e. The van der Waals surface area contributed by atoms with Crippen LogP contribution in [0, 0.1) is 10.1 Å². The van der Waals surface area contributed by atoms with E-state index in [0.29, 0.717) is 12.1 Å². The molecular weight excluding hydrogens is 270 g/mol. The van der Waals surface area contributed by atoms with E-state index in [2.05, 4.69) is 10.6 Å². The average molecular weight is 289 g/mol. The number of benzene rings is 1. The number of piperidine rings is 1. The molecule has 0 saturated carbocycles. The van der Waals surface area contributed by atoms with Gasteiger partial charge in [-0.25, -0.2) is 0 Å². The first-order valence-corrected chi connectivity index (χ1v) is 7.39. The van der Waals surface area contributed by atoms with E-state index in [4.69, 9.17) is 0 Å². The van der Waals surface area contributed by atoms with Gasteiger partial charge in [-0.3, -0.25) is 14.9 Å². The summed E-state index contributed by atoms with van der Waals surface area (Å²) >= 11 is 0. The van der Waals surface area contributed by atoms with Crippen LogP contribution in [0.4, 0.5) is 5.69 Å². The fourth-order valence-corrected chi connectivity index (χ4v) is 3.37. The summed E-state index contributed by atoms with van der Waals surface area (Å²) in [7, 11) is 0. The minimum Gasteiger partial charge on any atom is -0.353 e. The molecule has 21 heavy (non-hydrogen) atoms. The quantitative estimate of drug-likeness (QED) is 0.650. The Morgan fingerprint density at radius 1 is 1.24 bits per heavy atom. The van der Waals surface area contributed by atoms with Gasteiger partial charge in [0.1, 0.15) is 0 Å². The molecule has 0 spiro atoms. The number of rotatable bonds is 4. The zero-order valence-electron chi connectivity index (χ0n) is 11.7. The molecule has 6 nitrogen and oxygen atoms in total. The number of fused-ring (bicyclic) bond motifs is 2. The Balaban J connectivity index is 1.53. The van der Waals surface area contributed by atoms with Gasteiger partial charge in [0.15, 0.2) is 0 Å². The van der Waals surface area contributed by atoms with Gasteiger partial charge in [-0.1, -0.05) is 12.1 Å². The van der Waals surface area contributed by atoms with E-state index >= 15 is 0 Å². The Bertz CT molecular complexity index is 532. The lowest BCUT2D eigenvalue weighted by atomic mass is 9.99. The second-order valence-electron chi connectivity index (χ2n) is 5.97. The van der Waals surface area contributed by atoms with Gasteiger partial charge in [-0.05, 0) is 31.2 Å². The minimum absolute atomic E-state index is 0.00449. The first-order valence-electron chi connectivity index (χ1n) is 7.39. The SMILES string of the molecule is O=C(Cc1ccc([N+](=O)[O-])cc1)NC1CC2CCC(C1)N2. The zero-order chi connectivity index (χ0) is 14.8. The van der Waals surface area contributed by atoms with Crippen molar-refractivity contribution in [2.24, 2.45) is 0 Å². The van der Waals surface area contributed by atoms with Crippen molar-refractivity contribution >= 4 is 11.6 Å². The van der Waals surface area contributed by atoms with Crippen LogP contribution in [0.1, 0.15) is 31.2 Å². The fraction of sp³-hybridized carbons (Fsp3) is 0.533. The Labute approximate surface area is 123 Å². The molecule has 3 rings (SSSR count). The fourth-order valence-electron chi connectivity index (χ4n) is 3.37. The van der Waals surface area contributed by atoms with E-state index in [0.717, 1.165) is 18.4 Å². The predicted molar refractivity (Wildman–Crippen MR) is 77.9 cm³/mol. The van der Waals surface area contributed by atoms with Crippen molar-refractivity contribution in [2.45, 2.75) is 50.2 Å². The molecule has 6 heteroatoms. The molecule has 2 saturated heterocycles. The molecule has 2 N–H and O–H groups in total. The van der Waals surface area contributed by atoms with Gasteiger partial charge < -0.3 is 10.6 Å². The van der Waals surface area contributed by atoms with Gasteiger partial charge in [-0.2, -0.15) is 0 Å². The van der Waals surface area contributed by atoms with E-state index in [-0.39, 0.29) is 24.1 Å². The van der Waals surface area contributed by atoms with Crippen LogP contribution in [0.25, 0.3) is 0 Å². The van der Waals surface area contributed by atoms with Crippen molar-refractivity contribution in [3.8, 4) is 0 Å². The average Bonchev–Trinajstić information content (AvgIpc) is 2.78. The molecule has 2 atom stereocenters. The van der Waals surface area contributed by atoms with E-state index in [9.17, 15) is 14.9 Å². The predicted octanol–water partition coefficient (Wildman–Crippen LogP) is 1.54. The third-order valence-corrected chi connectivity index (χ3v) is 4.35. The van der Waals surface area contributed by atoms with Gasteiger partial charge in [0.05, 0.1) is 11.3 Å². The van der Waals surface area contributed by atoms with Crippen LogP contribution < -0.4 is 10.6 Å². The summed E-state index contributed by atoms with van der Waals surface area (Å²) in [6.45, 7) is 0. The summed E-state index contributed by atoms with van der Waals surface area (Å²) in [5, 5.41) is 17.2. The monoisotopic (exact) mass is 289 g/mol. The first-order chi connectivity index (χ1) is 10.1. The Morgan fingerprint density at radius 3 is 2.43 bits per heavy atom. The number of amides is 1. The highest BCUT2D eigenvalue weighted by Gasteiger charge is 2.33. The lowest BCUT2D eigenvalue weighted by molar-refractivity contribution is -0.384. The number of non-ortho nitro benzene ring substituents is 1. The van der Waals surface area contributed by atoms with Crippen LogP contribution in [0.3, 0.4) is 0 Å². The number of nitro groups is 1. The largest absolute Gasteiger partial charge is 0.353 e. The van der Waals surface area contributed by atoms with E-state index in [1.54, 1.807) is 12.1 Å². The maximum absolute atomic E-state index is 12.1. The molecule has 0 aromatic heterocycles. The van der Waals surface area contributed by atoms with Crippen molar-refractivity contribution in [3.63, 3.8) is 0 Å². The first kappa shape index (κ1) is 14.0. The highest BCUT2D eigenvalue weighted by atomic mass is 16.6. The highest BCUT2D eigenvalue weighted by Crippen LogP contribution is 2.26. The number of nitrogens with one attached hydrogen (secondary N) is 2. The molecule has 1 aromatic rings. The number of nitrogens with zero attached hydrogens (tertiary/aromatic N) is 1. The number of hydrogen-bond acceptors (Lipinski definition) is 4. The standard InChI is InChI=1S/C15H19N3O3/c19-15(7-10-1-5-14(6-2-10)18(20)21)17-13-8-11-3-4-12(9-13)16-11/h1-2,5-6,11-13,16H,3-4,7-9H2,(H,17,19). The molecule has 1 aromatic carbocycles. The topological polar surface area (TPSA) is 84.3 Å². The molecule has 2 heterocycles. The molecule has 0 aliphatic carbocycles. The third kappa shape index (κ3) is 3.39. The lowest BCUT2D eigenvalue weighted by Gasteiger charge is -2.29. The van der Waals surface area contributed by atoms with Crippen molar-refractivity contribution in [1.29, 1.82) is 0 Å². The van der Waals surface area contributed by atoms with Crippen LogP contribution in [-0.2, 0) is 11.2 Å². The molecular formula is C15H19N3O3. The second kappa shape index (κ2) is 5.81. The third-order valence-electron chi connectivity index (χ3n) is 4.35. The Morgan fingerprint density at radius 2 is 1.86 bits per heavy atom. The van der Waals surface area contributed by atoms with Crippen molar-refractivity contribution < 1.29 is 9.72 Å². The molecule has 2 aliphatic heterocycles. The van der Waals surface area contributed by atoms with Crippen LogP contribution in [0.5, 0.6) is 0 Å². The maximum atomic E-state index is 12.1. The number of carbonyl (C=O) groups excluding carboxylic acids is 1. The summed E-state index contributed by atoms with van der Waals surface area (Å²) in [5.74, 6) is -0.00449. The Hall–Kier alpha value is -1.95. The lowest BCUT2D eigenvalue weighted by Crippen LogP contribution is -2.48. The van der Waals surface area contributed by atoms with E-state index < -0.39 is 4.92 Å². The summed E-state index contributed by atoms with van der Waals surface area (Å²) in [6.07, 6.45) is 4.70. The molecule has 2 fully saturated rings. The summed E-state index contributed by atoms with van der Waals surface area (Å²) in [5.41, 5.74) is 0.851. The Kier molecular flexibility index (Phi) is 3.88. The number of nitro benzene ring substituents is 1. The van der Waals surface area contributed by atoms with Crippen LogP contribution in [0.2, 0.25) is 0 Å². The van der Waals surface area contributed by atoms with Gasteiger partial charge in [0.2, 0.25) is 5.91 Å². The number of hydrogen-bond donors (Lipinski definition) is 2. The van der Waals surface area contributed by atoms with Crippen LogP contribution in [0.15, 0.2) is 24.3 Å². The minimum atomic E-state index is -0.436. The molecule has 2 aliphatic rings. The van der Waals surface area contributed by atoms with Crippen molar-refractivity contribution in [3.05, 3.63) is 39.9 Å². The summed E-state index contributed by atoms with van der Waals surface area (Å²) in [6, 6.07) is 7.52. The van der Waals surface area contributed by atoms with Gasteiger partial charge in [-0.15, -0.1) is 0 Å². The van der Waals surface area contributed by atoms with Crippen LogP contribution in [-0.4, -0.2) is 29.0 Å².